The largest absolute Gasteiger partial charge is 0.334 e. The van der Waals surface area contributed by atoms with Crippen molar-refractivity contribution >= 4 is 27.1 Å². The third kappa shape index (κ3) is 3.14. The lowest BCUT2D eigenvalue weighted by Gasteiger charge is -2.36. The average molecular weight is 328 g/mol. The van der Waals surface area contributed by atoms with Crippen LogP contribution in [0, 0.1) is 0 Å². The molecule has 0 N–H and O–H groups in total. The molecular formula is C14H20N2O3S2. The minimum absolute atomic E-state index is 0.110. The second-order valence-electron chi connectivity index (χ2n) is 5.74. The molecule has 116 valence electrons. The molecule has 2 aliphatic rings. The van der Waals surface area contributed by atoms with Gasteiger partial charge in [0.05, 0.1) is 24.1 Å². The van der Waals surface area contributed by atoms with Crippen LogP contribution >= 0.6 is 11.3 Å². The number of carbonyl (C=O) groups is 1. The van der Waals surface area contributed by atoms with Crippen LogP contribution in [0.5, 0.6) is 0 Å². The van der Waals surface area contributed by atoms with Gasteiger partial charge < -0.3 is 4.90 Å². The van der Waals surface area contributed by atoms with Crippen LogP contribution in [0.25, 0.3) is 0 Å². The number of thiophene rings is 1. The van der Waals surface area contributed by atoms with Gasteiger partial charge >= 0.3 is 0 Å². The maximum Gasteiger partial charge on any atom is 0.237 e. The molecule has 1 fully saturated rings. The van der Waals surface area contributed by atoms with Gasteiger partial charge in [0.1, 0.15) is 0 Å². The minimum atomic E-state index is -2.88. The topological polar surface area (TPSA) is 57.7 Å². The first kappa shape index (κ1) is 15.0. The molecule has 0 saturated carbocycles. The second kappa shape index (κ2) is 5.70. The molecule has 1 aromatic rings. The van der Waals surface area contributed by atoms with E-state index in [0.29, 0.717) is 19.6 Å². The molecule has 1 atom stereocenters. The Morgan fingerprint density at radius 3 is 2.76 bits per heavy atom. The molecular weight excluding hydrogens is 308 g/mol. The first-order chi connectivity index (χ1) is 9.96. The van der Waals surface area contributed by atoms with Gasteiger partial charge in [-0.2, -0.15) is 0 Å². The molecule has 0 radical (unpaired) electrons. The molecule has 2 aliphatic heterocycles. The molecule has 0 spiro atoms. The monoisotopic (exact) mass is 328 g/mol. The Morgan fingerprint density at radius 1 is 1.33 bits per heavy atom. The number of carbonyl (C=O) groups excluding carboxylic acids is 1. The predicted molar refractivity (Wildman–Crippen MR) is 83.2 cm³/mol. The number of fused-ring (bicyclic) bond motifs is 1. The molecule has 1 aromatic heterocycles. The Balaban J connectivity index is 1.62. The van der Waals surface area contributed by atoms with Gasteiger partial charge in [-0.05, 0) is 30.4 Å². The van der Waals surface area contributed by atoms with Crippen molar-refractivity contribution in [1.29, 1.82) is 0 Å². The van der Waals surface area contributed by atoms with E-state index >= 15 is 0 Å². The zero-order valence-electron chi connectivity index (χ0n) is 12.1. The molecule has 0 aromatic carbocycles. The molecule has 5 nitrogen and oxygen atoms in total. The fourth-order valence-electron chi connectivity index (χ4n) is 3.04. The third-order valence-corrected chi connectivity index (χ3v) is 7.00. The molecule has 1 saturated heterocycles. The fourth-order valence-corrected chi connectivity index (χ4v) is 5.28. The Kier molecular flexibility index (Phi) is 4.07. The molecule has 0 aliphatic carbocycles. The van der Waals surface area contributed by atoms with Crippen LogP contribution in [0.2, 0.25) is 0 Å². The molecule has 3 heterocycles. The number of amides is 1. The molecule has 0 bridgehead atoms. The summed E-state index contributed by atoms with van der Waals surface area (Å²) in [5.74, 6) is 0.452. The van der Waals surface area contributed by atoms with Crippen LogP contribution in [-0.2, 0) is 21.1 Å². The average Bonchev–Trinajstić information content (AvgIpc) is 2.91. The summed E-state index contributed by atoms with van der Waals surface area (Å²) in [6.07, 6.45) is 0.928. The van der Waals surface area contributed by atoms with Crippen molar-refractivity contribution in [2.75, 3.05) is 37.7 Å². The van der Waals surface area contributed by atoms with Gasteiger partial charge in [0.25, 0.3) is 0 Å². The Morgan fingerprint density at radius 2 is 2.05 bits per heavy atom. The van der Waals surface area contributed by atoms with Crippen molar-refractivity contribution < 1.29 is 13.2 Å². The van der Waals surface area contributed by atoms with E-state index in [-0.39, 0.29) is 23.5 Å². The number of hydrogen-bond acceptors (Lipinski definition) is 5. The van der Waals surface area contributed by atoms with Crippen LogP contribution in [0.1, 0.15) is 23.4 Å². The number of sulfone groups is 1. The third-order valence-electron chi connectivity index (χ3n) is 4.39. The first-order valence-electron chi connectivity index (χ1n) is 7.25. The van der Waals surface area contributed by atoms with Crippen molar-refractivity contribution in [3.8, 4) is 0 Å². The van der Waals surface area contributed by atoms with Gasteiger partial charge in [-0.1, -0.05) is 0 Å². The van der Waals surface area contributed by atoms with Crippen molar-refractivity contribution in [2.45, 2.75) is 19.4 Å². The highest BCUT2D eigenvalue weighted by Gasteiger charge is 2.30. The van der Waals surface area contributed by atoms with Crippen LogP contribution in [-0.4, -0.2) is 61.8 Å². The fraction of sp³-hybridized carbons (Fsp3) is 0.643. The Bertz CT molecular complexity index is 624. The van der Waals surface area contributed by atoms with Gasteiger partial charge in [0, 0.05) is 24.5 Å². The summed E-state index contributed by atoms with van der Waals surface area (Å²) < 4.78 is 22.8. The van der Waals surface area contributed by atoms with Gasteiger partial charge in [-0.25, -0.2) is 8.42 Å². The number of hydrogen-bond donors (Lipinski definition) is 0. The summed E-state index contributed by atoms with van der Waals surface area (Å²) in [6.45, 7) is 4.11. The van der Waals surface area contributed by atoms with Crippen molar-refractivity contribution in [3.63, 3.8) is 0 Å². The zero-order chi connectivity index (χ0) is 15.0. The summed E-state index contributed by atoms with van der Waals surface area (Å²) in [5.41, 5.74) is 1.26. The Labute approximate surface area is 129 Å². The summed E-state index contributed by atoms with van der Waals surface area (Å²) in [7, 11) is -2.88. The van der Waals surface area contributed by atoms with E-state index in [4.69, 9.17) is 0 Å². The molecule has 3 rings (SSSR count). The smallest absolute Gasteiger partial charge is 0.237 e. The van der Waals surface area contributed by atoms with Crippen LogP contribution < -0.4 is 0 Å². The lowest BCUT2D eigenvalue weighted by molar-refractivity contribution is -0.134. The lowest BCUT2D eigenvalue weighted by atomic mass is 10.0. The summed E-state index contributed by atoms with van der Waals surface area (Å²) in [6, 6.07) is 2.23. The van der Waals surface area contributed by atoms with Crippen LogP contribution in [0.4, 0.5) is 0 Å². The highest BCUT2D eigenvalue weighted by atomic mass is 32.2. The SMILES string of the molecule is C[C@@H]1c2ccsc2CCN1C(=O)CN1CCS(=O)(=O)CC1. The van der Waals surface area contributed by atoms with Crippen LogP contribution in [0.3, 0.4) is 0 Å². The van der Waals surface area contributed by atoms with Crippen molar-refractivity contribution in [2.24, 2.45) is 0 Å². The van der Waals surface area contributed by atoms with E-state index in [2.05, 4.69) is 18.4 Å². The predicted octanol–water partition coefficient (Wildman–Crippen LogP) is 0.924. The van der Waals surface area contributed by atoms with Crippen molar-refractivity contribution in [3.05, 3.63) is 21.9 Å². The van der Waals surface area contributed by atoms with E-state index in [0.717, 1.165) is 13.0 Å². The van der Waals surface area contributed by atoms with Crippen LogP contribution in [0.15, 0.2) is 11.4 Å². The van der Waals surface area contributed by atoms with Gasteiger partial charge in [-0.3, -0.25) is 9.69 Å². The maximum atomic E-state index is 12.5. The quantitative estimate of drug-likeness (QED) is 0.810. The summed E-state index contributed by atoms with van der Waals surface area (Å²) in [5, 5.41) is 2.09. The summed E-state index contributed by atoms with van der Waals surface area (Å²) in [4.78, 5) is 17.8. The van der Waals surface area contributed by atoms with Gasteiger partial charge in [-0.15, -0.1) is 11.3 Å². The van der Waals surface area contributed by atoms with E-state index in [1.165, 1.54) is 10.4 Å². The highest BCUT2D eigenvalue weighted by Crippen LogP contribution is 2.32. The van der Waals surface area contributed by atoms with Crippen molar-refractivity contribution in [1.82, 2.24) is 9.80 Å². The zero-order valence-corrected chi connectivity index (χ0v) is 13.8. The van der Waals surface area contributed by atoms with E-state index in [9.17, 15) is 13.2 Å². The normalized spacial score (nSPS) is 25.6. The number of rotatable bonds is 2. The molecule has 21 heavy (non-hydrogen) atoms. The molecule has 7 heteroatoms. The van der Waals surface area contributed by atoms with E-state index < -0.39 is 9.84 Å². The van der Waals surface area contributed by atoms with Gasteiger partial charge in [0.2, 0.25) is 5.91 Å². The minimum Gasteiger partial charge on any atom is -0.334 e. The molecule has 0 unspecified atom stereocenters. The number of nitrogens with zero attached hydrogens (tertiary/aromatic N) is 2. The lowest BCUT2D eigenvalue weighted by Crippen LogP contribution is -2.48. The highest BCUT2D eigenvalue weighted by molar-refractivity contribution is 7.91. The second-order valence-corrected chi connectivity index (χ2v) is 9.04. The van der Waals surface area contributed by atoms with E-state index in [1.807, 2.05) is 9.80 Å². The van der Waals surface area contributed by atoms with E-state index in [1.54, 1.807) is 11.3 Å². The molecule has 1 amide bonds. The Hall–Kier alpha value is -0.920. The first-order valence-corrected chi connectivity index (χ1v) is 9.95. The summed E-state index contributed by atoms with van der Waals surface area (Å²) >= 11 is 1.76. The van der Waals surface area contributed by atoms with Gasteiger partial charge in [0.15, 0.2) is 9.84 Å². The standard InChI is InChI=1S/C14H20N2O3S2/c1-11-12-3-7-20-13(12)2-4-16(11)14(17)10-15-5-8-21(18,19)9-6-15/h3,7,11H,2,4-6,8-10H2,1H3/t11-/m1/s1. The maximum absolute atomic E-state index is 12.5.